The van der Waals surface area contributed by atoms with Gasteiger partial charge in [-0.05, 0) is 19.8 Å². The molecule has 130 valence electrons. The summed E-state index contributed by atoms with van der Waals surface area (Å²) in [5.41, 5.74) is 5.14. The molecule has 9 nitrogen and oxygen atoms in total. The van der Waals surface area contributed by atoms with Crippen LogP contribution in [0.15, 0.2) is 6.33 Å². The third-order valence-corrected chi connectivity index (χ3v) is 4.53. The number of alkyl halides is 1. The lowest BCUT2D eigenvalue weighted by molar-refractivity contribution is -0.115. The van der Waals surface area contributed by atoms with E-state index in [1.165, 1.54) is 17.8 Å². The molecule has 1 saturated heterocycles. The Hall–Kier alpha value is -2.04. The standard InChI is InChI=1S/C14H19FN6O3/c1-14(4-22)9(23)7(15)12(24-14)21-5-17-8-10(18-6-2-3-6)19-13(16)20-11(8)21/h5-7,9,12,22-23H,2-4H2,1H3,(H3,16,18,19,20)/t7-,9+,12-,14-/m1/s1. The van der Waals surface area contributed by atoms with Gasteiger partial charge in [0.2, 0.25) is 5.95 Å². The second kappa shape index (κ2) is 5.23. The van der Waals surface area contributed by atoms with Crippen LogP contribution in [0, 0.1) is 0 Å². The van der Waals surface area contributed by atoms with Crippen LogP contribution in [-0.2, 0) is 4.74 Å². The first-order valence-electron chi connectivity index (χ1n) is 7.80. The molecule has 4 rings (SSSR count). The molecule has 3 heterocycles. The predicted molar refractivity (Wildman–Crippen MR) is 82.9 cm³/mol. The Bertz CT molecular complexity index is 781. The third kappa shape index (κ3) is 2.29. The Balaban J connectivity index is 1.76. The predicted octanol–water partition coefficient (Wildman–Crippen LogP) is -0.0384. The lowest BCUT2D eigenvalue weighted by Gasteiger charge is -2.24. The van der Waals surface area contributed by atoms with Gasteiger partial charge in [0.1, 0.15) is 11.7 Å². The topological polar surface area (TPSA) is 131 Å². The Kier molecular flexibility index (Phi) is 3.37. The second-order valence-corrected chi connectivity index (χ2v) is 6.54. The fraction of sp³-hybridized carbons (Fsp3) is 0.643. The van der Waals surface area contributed by atoms with Gasteiger partial charge in [-0.15, -0.1) is 0 Å². The van der Waals surface area contributed by atoms with Crippen molar-refractivity contribution in [2.75, 3.05) is 17.7 Å². The van der Waals surface area contributed by atoms with E-state index in [0.717, 1.165) is 12.8 Å². The number of anilines is 2. The van der Waals surface area contributed by atoms with Gasteiger partial charge < -0.3 is 26.0 Å². The summed E-state index contributed by atoms with van der Waals surface area (Å²) in [6.07, 6.45) is -0.894. The molecule has 0 unspecified atom stereocenters. The summed E-state index contributed by atoms with van der Waals surface area (Å²) < 4.78 is 21.5. The first-order chi connectivity index (χ1) is 11.4. The number of halogens is 1. The summed E-state index contributed by atoms with van der Waals surface area (Å²) in [6, 6.07) is 0.337. The minimum Gasteiger partial charge on any atom is -0.393 e. The number of imidazole rings is 1. The summed E-state index contributed by atoms with van der Waals surface area (Å²) >= 11 is 0. The Morgan fingerprint density at radius 2 is 2.25 bits per heavy atom. The van der Waals surface area contributed by atoms with Gasteiger partial charge in [-0.25, -0.2) is 9.37 Å². The number of fused-ring (bicyclic) bond motifs is 1. The van der Waals surface area contributed by atoms with Crippen molar-refractivity contribution in [1.29, 1.82) is 0 Å². The Labute approximate surface area is 136 Å². The van der Waals surface area contributed by atoms with E-state index in [2.05, 4.69) is 20.3 Å². The van der Waals surface area contributed by atoms with E-state index >= 15 is 0 Å². The van der Waals surface area contributed by atoms with Crippen LogP contribution in [0.25, 0.3) is 11.2 Å². The van der Waals surface area contributed by atoms with Crippen molar-refractivity contribution in [1.82, 2.24) is 19.5 Å². The maximum Gasteiger partial charge on any atom is 0.224 e. The maximum atomic E-state index is 14.6. The van der Waals surface area contributed by atoms with Gasteiger partial charge >= 0.3 is 0 Å². The lowest BCUT2D eigenvalue weighted by atomic mass is 9.99. The Morgan fingerprint density at radius 3 is 2.88 bits per heavy atom. The molecule has 0 spiro atoms. The number of aromatic nitrogens is 4. The highest BCUT2D eigenvalue weighted by molar-refractivity contribution is 5.84. The fourth-order valence-corrected chi connectivity index (χ4v) is 2.89. The molecule has 24 heavy (non-hydrogen) atoms. The number of nitrogens with one attached hydrogen (secondary N) is 1. The van der Waals surface area contributed by atoms with Crippen molar-refractivity contribution in [2.45, 2.75) is 49.9 Å². The number of aliphatic hydroxyl groups is 2. The van der Waals surface area contributed by atoms with Crippen LogP contribution in [0.2, 0.25) is 0 Å². The molecule has 1 aliphatic carbocycles. The van der Waals surface area contributed by atoms with E-state index in [4.69, 9.17) is 10.5 Å². The molecule has 2 aliphatic rings. The Morgan fingerprint density at radius 1 is 1.50 bits per heavy atom. The minimum atomic E-state index is -1.74. The van der Waals surface area contributed by atoms with Crippen LogP contribution in [0.4, 0.5) is 16.2 Å². The van der Waals surface area contributed by atoms with E-state index in [-0.39, 0.29) is 5.95 Å². The zero-order chi connectivity index (χ0) is 17.1. The minimum absolute atomic E-state index is 0.0336. The molecule has 2 aromatic rings. The average Bonchev–Trinajstić information content (AvgIpc) is 3.23. The van der Waals surface area contributed by atoms with E-state index in [1.807, 2.05) is 0 Å². The van der Waals surface area contributed by atoms with Crippen molar-refractivity contribution in [3.05, 3.63) is 6.33 Å². The smallest absolute Gasteiger partial charge is 0.224 e. The number of nitrogens with two attached hydrogens (primary N) is 1. The summed E-state index contributed by atoms with van der Waals surface area (Å²) in [4.78, 5) is 12.5. The molecule has 2 fully saturated rings. The van der Waals surface area contributed by atoms with Gasteiger partial charge in [-0.2, -0.15) is 9.97 Å². The van der Waals surface area contributed by atoms with Crippen molar-refractivity contribution in [2.24, 2.45) is 0 Å². The third-order valence-electron chi connectivity index (χ3n) is 4.53. The first kappa shape index (κ1) is 15.5. The van der Waals surface area contributed by atoms with Gasteiger partial charge in [-0.1, -0.05) is 0 Å². The fourth-order valence-electron chi connectivity index (χ4n) is 2.89. The summed E-state index contributed by atoms with van der Waals surface area (Å²) in [7, 11) is 0. The van der Waals surface area contributed by atoms with E-state index in [1.54, 1.807) is 0 Å². The lowest BCUT2D eigenvalue weighted by Crippen LogP contribution is -2.42. The molecule has 1 aliphatic heterocycles. The number of ether oxygens (including phenoxy) is 1. The number of hydrogen-bond donors (Lipinski definition) is 4. The number of nitrogen functional groups attached to an aromatic ring is 1. The highest BCUT2D eigenvalue weighted by Gasteiger charge is 2.53. The van der Waals surface area contributed by atoms with Crippen LogP contribution in [0.3, 0.4) is 0 Å². The number of hydrogen-bond acceptors (Lipinski definition) is 8. The summed E-state index contributed by atoms with van der Waals surface area (Å²) in [5.74, 6) is 0.531. The van der Waals surface area contributed by atoms with E-state index < -0.39 is 30.7 Å². The molecule has 4 atom stereocenters. The number of aliphatic hydroxyl groups excluding tert-OH is 2. The van der Waals surface area contributed by atoms with Crippen LogP contribution in [0.5, 0.6) is 0 Å². The normalized spacial score (nSPS) is 33.2. The molecular weight excluding hydrogens is 319 g/mol. The monoisotopic (exact) mass is 338 g/mol. The van der Waals surface area contributed by atoms with Gasteiger partial charge in [0, 0.05) is 6.04 Å². The molecule has 0 radical (unpaired) electrons. The van der Waals surface area contributed by atoms with Crippen LogP contribution >= 0.6 is 0 Å². The molecular formula is C14H19FN6O3. The van der Waals surface area contributed by atoms with Crippen LogP contribution < -0.4 is 11.1 Å². The number of nitrogens with zero attached hydrogens (tertiary/aromatic N) is 4. The summed E-state index contributed by atoms with van der Waals surface area (Å²) in [5, 5.41) is 22.7. The van der Waals surface area contributed by atoms with Crippen molar-refractivity contribution in [3.8, 4) is 0 Å². The highest BCUT2D eigenvalue weighted by atomic mass is 19.1. The second-order valence-electron chi connectivity index (χ2n) is 6.54. The summed E-state index contributed by atoms with van der Waals surface area (Å²) in [6.45, 7) is 0.941. The zero-order valence-electron chi connectivity index (χ0n) is 13.1. The quantitative estimate of drug-likeness (QED) is 0.611. The maximum absolute atomic E-state index is 14.6. The van der Waals surface area contributed by atoms with Crippen molar-refractivity contribution >= 4 is 22.9 Å². The van der Waals surface area contributed by atoms with Crippen LogP contribution in [0.1, 0.15) is 26.0 Å². The molecule has 0 aromatic carbocycles. The largest absolute Gasteiger partial charge is 0.393 e. The molecule has 2 aromatic heterocycles. The molecule has 10 heteroatoms. The highest BCUT2D eigenvalue weighted by Crippen LogP contribution is 2.40. The van der Waals surface area contributed by atoms with E-state index in [0.29, 0.717) is 23.0 Å². The molecule has 5 N–H and O–H groups in total. The first-order valence-corrected chi connectivity index (χ1v) is 7.80. The van der Waals surface area contributed by atoms with Gasteiger partial charge in [0.15, 0.2) is 29.4 Å². The molecule has 0 amide bonds. The van der Waals surface area contributed by atoms with Gasteiger partial charge in [-0.3, -0.25) is 4.57 Å². The zero-order valence-corrected chi connectivity index (χ0v) is 13.1. The average molecular weight is 338 g/mol. The van der Waals surface area contributed by atoms with Crippen molar-refractivity contribution in [3.63, 3.8) is 0 Å². The van der Waals surface area contributed by atoms with Gasteiger partial charge in [0.25, 0.3) is 0 Å². The molecule has 1 saturated carbocycles. The van der Waals surface area contributed by atoms with E-state index in [9.17, 15) is 14.6 Å². The van der Waals surface area contributed by atoms with Gasteiger partial charge in [0.05, 0.1) is 12.9 Å². The van der Waals surface area contributed by atoms with Crippen LogP contribution in [-0.4, -0.2) is 60.3 Å². The van der Waals surface area contributed by atoms with Crippen molar-refractivity contribution < 1.29 is 19.3 Å². The molecule has 0 bridgehead atoms. The number of rotatable bonds is 4. The SMILES string of the molecule is C[C@]1(CO)O[C@@H](n2cnc3c(NC4CC4)nc(N)nc32)[C@H](F)[C@@H]1O.